The Hall–Kier alpha value is -2.77. The van der Waals surface area contributed by atoms with Gasteiger partial charge < -0.3 is 4.52 Å². The van der Waals surface area contributed by atoms with Crippen LogP contribution in [-0.4, -0.2) is 44.9 Å². The fourth-order valence-corrected chi connectivity index (χ4v) is 5.01. The fourth-order valence-electron chi connectivity index (χ4n) is 4.18. The summed E-state index contributed by atoms with van der Waals surface area (Å²) in [5.74, 6) is 2.19. The zero-order valence-electron chi connectivity index (χ0n) is 16.6. The van der Waals surface area contributed by atoms with E-state index in [1.807, 2.05) is 11.9 Å². The Balaban J connectivity index is 1.41. The smallest absolute Gasteiger partial charge is 0.257 e. The zero-order valence-corrected chi connectivity index (χ0v) is 17.4. The maximum atomic E-state index is 12.9. The largest absolute Gasteiger partial charge is 0.334 e. The van der Waals surface area contributed by atoms with Gasteiger partial charge >= 0.3 is 0 Å². The summed E-state index contributed by atoms with van der Waals surface area (Å²) in [6.07, 6.45) is 2.00. The van der Waals surface area contributed by atoms with Crippen molar-refractivity contribution in [3.8, 4) is 11.5 Å². The van der Waals surface area contributed by atoms with Gasteiger partial charge in [-0.1, -0.05) is 48.3 Å². The van der Waals surface area contributed by atoms with Crippen LogP contribution in [0.4, 0.5) is 0 Å². The third kappa shape index (κ3) is 3.28. The van der Waals surface area contributed by atoms with Crippen molar-refractivity contribution in [3.05, 3.63) is 70.5 Å². The van der Waals surface area contributed by atoms with Gasteiger partial charge in [-0.2, -0.15) is 4.98 Å². The molecule has 30 heavy (non-hydrogen) atoms. The van der Waals surface area contributed by atoms with Gasteiger partial charge in [0.25, 0.3) is 5.89 Å². The Morgan fingerprint density at radius 1 is 1.00 bits per heavy atom. The van der Waals surface area contributed by atoms with E-state index in [1.165, 1.54) is 0 Å². The molecule has 2 heterocycles. The Bertz CT molecular complexity index is 1130. The minimum absolute atomic E-state index is 0.130. The highest BCUT2D eigenvalue weighted by Crippen LogP contribution is 2.33. The van der Waals surface area contributed by atoms with Crippen LogP contribution in [0.15, 0.2) is 47.0 Å². The molecule has 0 amide bonds. The van der Waals surface area contributed by atoms with E-state index in [9.17, 15) is 9.59 Å². The fraction of sp³-hybridized carbons (Fsp3) is 0.304. The first-order valence-electron chi connectivity index (χ1n) is 10.2. The lowest BCUT2D eigenvalue weighted by Crippen LogP contribution is -2.28. The van der Waals surface area contributed by atoms with E-state index < -0.39 is 0 Å². The van der Waals surface area contributed by atoms with Crippen molar-refractivity contribution >= 4 is 23.5 Å². The molecule has 0 unspecified atom stereocenters. The highest BCUT2D eigenvalue weighted by atomic mass is 32.2. The molecular formula is C23H21N3O3S. The molecule has 2 aromatic carbocycles. The molecule has 0 spiro atoms. The molecule has 5 rings (SSSR count). The van der Waals surface area contributed by atoms with Gasteiger partial charge in [0.1, 0.15) is 0 Å². The minimum atomic E-state index is -0.150. The molecular weight excluding hydrogens is 398 g/mol. The van der Waals surface area contributed by atoms with Crippen molar-refractivity contribution in [3.63, 3.8) is 0 Å². The van der Waals surface area contributed by atoms with Crippen molar-refractivity contribution in [1.82, 2.24) is 14.4 Å². The van der Waals surface area contributed by atoms with Crippen LogP contribution < -0.4 is 0 Å². The molecule has 1 fully saturated rings. The molecule has 1 aliphatic carbocycles. The Kier molecular flexibility index (Phi) is 5.00. The summed E-state index contributed by atoms with van der Waals surface area (Å²) in [5, 5.41) is 4.21. The number of ketones is 2. The van der Waals surface area contributed by atoms with E-state index in [2.05, 4.69) is 21.4 Å². The van der Waals surface area contributed by atoms with Crippen molar-refractivity contribution in [1.29, 1.82) is 0 Å². The third-order valence-electron chi connectivity index (χ3n) is 5.74. The maximum Gasteiger partial charge on any atom is 0.257 e. The van der Waals surface area contributed by atoms with Gasteiger partial charge in [0.2, 0.25) is 0 Å². The summed E-state index contributed by atoms with van der Waals surface area (Å²) < 4.78 is 7.92. The van der Waals surface area contributed by atoms with Crippen LogP contribution in [0.3, 0.4) is 0 Å². The van der Waals surface area contributed by atoms with Gasteiger partial charge in [-0.05, 0) is 31.0 Å². The number of fused-ring (bicyclic) bond motifs is 2. The lowest BCUT2D eigenvalue weighted by atomic mass is 9.83. The Labute approximate surface area is 178 Å². The van der Waals surface area contributed by atoms with Gasteiger partial charge in [0.15, 0.2) is 17.4 Å². The van der Waals surface area contributed by atoms with Crippen molar-refractivity contribution < 1.29 is 14.1 Å². The lowest BCUT2D eigenvalue weighted by Gasteiger charge is -2.28. The van der Waals surface area contributed by atoms with Crippen LogP contribution in [-0.2, 0) is 0 Å². The molecule has 0 saturated carbocycles. The van der Waals surface area contributed by atoms with Crippen LogP contribution in [0.2, 0.25) is 0 Å². The summed E-state index contributed by atoms with van der Waals surface area (Å²) in [7, 11) is 0. The molecule has 2 aliphatic rings. The molecule has 152 valence electrons. The molecule has 1 aromatic heterocycles. The second kappa shape index (κ2) is 7.81. The molecule has 0 bridgehead atoms. The topological polar surface area (TPSA) is 76.3 Å². The number of nitrogens with zero attached hydrogens (tertiary/aromatic N) is 3. The summed E-state index contributed by atoms with van der Waals surface area (Å²) in [6, 6.07) is 12.1. The average Bonchev–Trinajstić information content (AvgIpc) is 3.28. The van der Waals surface area contributed by atoms with Gasteiger partial charge in [-0.15, -0.1) is 0 Å². The van der Waals surface area contributed by atoms with E-state index in [0.717, 1.165) is 37.5 Å². The average molecular weight is 420 g/mol. The van der Waals surface area contributed by atoms with Crippen molar-refractivity contribution in [2.75, 3.05) is 18.8 Å². The highest BCUT2D eigenvalue weighted by Gasteiger charge is 2.30. The van der Waals surface area contributed by atoms with Crippen LogP contribution in [0, 0.1) is 0 Å². The molecule has 1 aliphatic heterocycles. The van der Waals surface area contributed by atoms with E-state index >= 15 is 0 Å². The van der Waals surface area contributed by atoms with Crippen LogP contribution in [0.1, 0.15) is 63.4 Å². The van der Waals surface area contributed by atoms with Gasteiger partial charge in [0.05, 0.1) is 0 Å². The molecule has 0 N–H and O–H groups in total. The number of carbonyl (C=O) groups is 2. The second-order valence-corrected chi connectivity index (χ2v) is 8.89. The van der Waals surface area contributed by atoms with Crippen LogP contribution in [0.5, 0.6) is 0 Å². The molecule has 6 nitrogen and oxygen atoms in total. The van der Waals surface area contributed by atoms with Gasteiger partial charge in [-0.25, -0.2) is 0 Å². The van der Waals surface area contributed by atoms with E-state index in [1.54, 1.807) is 42.5 Å². The first kappa shape index (κ1) is 19.2. The Morgan fingerprint density at radius 3 is 2.37 bits per heavy atom. The van der Waals surface area contributed by atoms with Crippen molar-refractivity contribution in [2.24, 2.45) is 0 Å². The predicted molar refractivity (Wildman–Crippen MR) is 115 cm³/mol. The number of aromatic nitrogens is 2. The number of rotatable bonds is 4. The molecule has 1 saturated heterocycles. The van der Waals surface area contributed by atoms with E-state index in [4.69, 9.17) is 4.52 Å². The first-order chi connectivity index (χ1) is 14.7. The van der Waals surface area contributed by atoms with Crippen LogP contribution in [0.25, 0.3) is 11.5 Å². The highest BCUT2D eigenvalue weighted by molar-refractivity contribution is 7.96. The monoisotopic (exact) mass is 419 g/mol. The van der Waals surface area contributed by atoms with E-state index in [-0.39, 0.29) is 17.5 Å². The van der Waals surface area contributed by atoms with Gasteiger partial charge in [-0.3, -0.25) is 13.9 Å². The quantitative estimate of drug-likeness (QED) is 0.455. The Morgan fingerprint density at radius 2 is 1.67 bits per heavy atom. The molecule has 7 heteroatoms. The number of hydrogen-bond donors (Lipinski definition) is 0. The lowest BCUT2D eigenvalue weighted by molar-refractivity contribution is 0.0979. The second-order valence-electron chi connectivity index (χ2n) is 7.54. The minimum Gasteiger partial charge on any atom is -0.334 e. The van der Waals surface area contributed by atoms with Crippen LogP contribution >= 0.6 is 11.9 Å². The van der Waals surface area contributed by atoms with Crippen molar-refractivity contribution in [2.45, 2.75) is 25.7 Å². The SMILES string of the molecule is CCSN1CCC(c2noc(-c3ccc4c(c3)C(=O)c3ccccc3C4=O)n2)CC1. The van der Waals surface area contributed by atoms with E-state index in [0.29, 0.717) is 33.7 Å². The summed E-state index contributed by atoms with van der Waals surface area (Å²) in [4.78, 5) is 30.3. The third-order valence-corrected chi connectivity index (χ3v) is 6.73. The molecule has 0 radical (unpaired) electrons. The van der Waals surface area contributed by atoms with Gasteiger partial charge in [0, 0.05) is 52.6 Å². The summed E-state index contributed by atoms with van der Waals surface area (Å²) >= 11 is 1.87. The summed E-state index contributed by atoms with van der Waals surface area (Å²) in [5.41, 5.74) is 2.36. The number of piperidine rings is 1. The normalized spacial score (nSPS) is 17.1. The molecule has 3 aromatic rings. The standard InChI is InChI=1S/C23H21N3O3S/c1-2-30-26-11-9-14(10-12-26)22-24-23(29-25-22)15-7-8-18-19(13-15)21(28)17-6-4-3-5-16(17)20(18)27/h3-8,13-14H,2,9-12H2,1H3. The maximum absolute atomic E-state index is 12.9. The number of carbonyl (C=O) groups excluding carboxylic acids is 2. The summed E-state index contributed by atoms with van der Waals surface area (Å²) in [6.45, 7) is 4.20. The first-order valence-corrected chi connectivity index (χ1v) is 11.1. The number of benzene rings is 2. The predicted octanol–water partition coefficient (Wildman–Crippen LogP) is 4.36. The molecule has 0 atom stereocenters. The zero-order chi connectivity index (χ0) is 20.7. The number of hydrogen-bond acceptors (Lipinski definition) is 7.